The first-order valence-electron chi connectivity index (χ1n) is 22.7. The number of aromatic nitrogens is 1. The summed E-state index contributed by atoms with van der Waals surface area (Å²) in [6.07, 6.45) is 0. The average molecular weight is 829 g/mol. The summed E-state index contributed by atoms with van der Waals surface area (Å²) in [4.78, 5) is 2.33. The normalized spacial score (nSPS) is 12.9. The summed E-state index contributed by atoms with van der Waals surface area (Å²) in [6, 6.07) is 84.9. The van der Waals surface area contributed by atoms with Crippen LogP contribution in [-0.4, -0.2) is 4.57 Å². The summed E-state index contributed by atoms with van der Waals surface area (Å²) in [5.41, 5.74) is 17.1. The van der Waals surface area contributed by atoms with Crippen LogP contribution in [0, 0.1) is 0 Å². The zero-order valence-electron chi connectivity index (χ0n) is 36.3. The molecule has 0 unspecified atom stereocenters. The van der Waals surface area contributed by atoms with Crippen LogP contribution in [0.5, 0.6) is 0 Å². The van der Waals surface area contributed by atoms with E-state index >= 15 is 0 Å². The molecule has 2 heteroatoms. The lowest BCUT2D eigenvalue weighted by molar-refractivity contribution is 0.661. The molecule has 0 atom stereocenters. The molecule has 0 saturated carbocycles. The predicted molar refractivity (Wildman–Crippen MR) is 276 cm³/mol. The van der Waals surface area contributed by atoms with Gasteiger partial charge >= 0.3 is 0 Å². The number of anilines is 3. The van der Waals surface area contributed by atoms with Crippen LogP contribution in [0.2, 0.25) is 0 Å². The standard InChI is InChI=1S/C63H44N2/c1-63(2)57-24-14-13-22-52(57)55-39-56-60(40-58(55)63)65(59-38-37-54-51-21-10-9-19-49(51)50-20-11-12-23-53(50)61(54)62(56)59)48-35-29-44(30-36-48)43-27-33-47(34-28-43)64(45-17-7-4-8-18-45)46-31-25-42(26-32-46)41-15-5-3-6-16-41/h3-40H,1-2H3. The minimum atomic E-state index is -0.121. The molecular weight excluding hydrogens is 785 g/mol. The third-order valence-electron chi connectivity index (χ3n) is 14.2. The number of rotatable bonds is 6. The zero-order valence-corrected chi connectivity index (χ0v) is 36.3. The molecule has 306 valence electrons. The lowest BCUT2D eigenvalue weighted by Gasteiger charge is -2.26. The Bertz CT molecular complexity index is 3770. The molecule has 0 aliphatic heterocycles. The van der Waals surface area contributed by atoms with E-state index in [1.807, 2.05) is 0 Å². The third kappa shape index (κ3) is 5.74. The lowest BCUT2D eigenvalue weighted by Crippen LogP contribution is -2.14. The van der Waals surface area contributed by atoms with Crippen molar-refractivity contribution < 1.29 is 0 Å². The van der Waals surface area contributed by atoms with Crippen molar-refractivity contribution in [3.63, 3.8) is 0 Å². The Balaban J connectivity index is 0.950. The van der Waals surface area contributed by atoms with Gasteiger partial charge < -0.3 is 9.47 Å². The molecule has 0 N–H and O–H groups in total. The second-order valence-electron chi connectivity index (χ2n) is 18.1. The van der Waals surface area contributed by atoms with E-state index < -0.39 is 0 Å². The van der Waals surface area contributed by atoms with Gasteiger partial charge in [-0.2, -0.15) is 0 Å². The fourth-order valence-corrected chi connectivity index (χ4v) is 11.0. The van der Waals surface area contributed by atoms with Crippen LogP contribution in [0.25, 0.3) is 93.2 Å². The van der Waals surface area contributed by atoms with Crippen molar-refractivity contribution in [3.05, 3.63) is 242 Å². The van der Waals surface area contributed by atoms with E-state index in [-0.39, 0.29) is 5.41 Å². The smallest absolute Gasteiger partial charge is 0.0547 e. The fraction of sp³-hybridized carbons (Fsp3) is 0.0476. The molecule has 0 fully saturated rings. The van der Waals surface area contributed by atoms with E-state index in [1.54, 1.807) is 0 Å². The molecule has 1 aliphatic rings. The van der Waals surface area contributed by atoms with E-state index in [0.717, 1.165) is 22.7 Å². The Morgan fingerprint density at radius 2 is 0.800 bits per heavy atom. The van der Waals surface area contributed by atoms with E-state index in [2.05, 4.69) is 254 Å². The maximum atomic E-state index is 2.51. The summed E-state index contributed by atoms with van der Waals surface area (Å²) >= 11 is 0. The number of benzene rings is 11. The van der Waals surface area contributed by atoms with Crippen molar-refractivity contribution in [3.8, 4) is 39.1 Å². The summed E-state index contributed by atoms with van der Waals surface area (Å²) in [6.45, 7) is 4.76. The van der Waals surface area contributed by atoms with Gasteiger partial charge in [-0.1, -0.05) is 178 Å². The van der Waals surface area contributed by atoms with Gasteiger partial charge in [0.1, 0.15) is 0 Å². The Hall–Kier alpha value is -8.20. The second-order valence-corrected chi connectivity index (χ2v) is 18.1. The second kappa shape index (κ2) is 14.4. The quantitative estimate of drug-likeness (QED) is 0.152. The minimum absolute atomic E-state index is 0.121. The molecular formula is C63H44N2. The highest BCUT2D eigenvalue weighted by Gasteiger charge is 2.36. The topological polar surface area (TPSA) is 8.17 Å². The minimum Gasteiger partial charge on any atom is -0.311 e. The summed E-state index contributed by atoms with van der Waals surface area (Å²) < 4.78 is 2.51. The van der Waals surface area contributed by atoms with Crippen molar-refractivity contribution in [2.75, 3.05) is 4.90 Å². The van der Waals surface area contributed by atoms with Crippen LogP contribution in [0.4, 0.5) is 17.1 Å². The van der Waals surface area contributed by atoms with Gasteiger partial charge in [-0.3, -0.25) is 0 Å². The van der Waals surface area contributed by atoms with E-state index in [4.69, 9.17) is 0 Å². The van der Waals surface area contributed by atoms with Crippen molar-refractivity contribution in [2.24, 2.45) is 0 Å². The van der Waals surface area contributed by atoms with E-state index in [1.165, 1.54) is 98.6 Å². The largest absolute Gasteiger partial charge is 0.311 e. The molecule has 0 radical (unpaired) electrons. The summed E-state index contributed by atoms with van der Waals surface area (Å²) in [5, 5.41) is 10.4. The average Bonchev–Trinajstić information content (AvgIpc) is 3.82. The van der Waals surface area contributed by atoms with E-state index in [9.17, 15) is 0 Å². The maximum Gasteiger partial charge on any atom is 0.0547 e. The van der Waals surface area contributed by atoms with Crippen molar-refractivity contribution >= 4 is 71.2 Å². The first-order valence-corrected chi connectivity index (χ1v) is 22.7. The number of nitrogens with zero attached hydrogens (tertiary/aromatic N) is 2. The molecule has 1 heterocycles. The SMILES string of the molecule is CC1(C)c2ccccc2-c2cc3c4c5c6ccccc6c6ccccc6c5ccc4n(-c4ccc(-c5ccc(N(c6ccccc6)c6ccc(-c7ccccc7)cc6)cc5)cc4)c3cc21. The summed E-state index contributed by atoms with van der Waals surface area (Å²) in [7, 11) is 0. The van der Waals surface area contributed by atoms with Gasteiger partial charge in [-0.05, 0) is 138 Å². The van der Waals surface area contributed by atoms with Crippen LogP contribution in [0.15, 0.2) is 231 Å². The fourth-order valence-electron chi connectivity index (χ4n) is 11.0. The zero-order chi connectivity index (χ0) is 43.2. The summed E-state index contributed by atoms with van der Waals surface area (Å²) in [5.74, 6) is 0. The van der Waals surface area contributed by atoms with Gasteiger partial charge in [-0.25, -0.2) is 0 Å². The molecule has 12 aromatic rings. The van der Waals surface area contributed by atoms with Gasteiger partial charge in [0.25, 0.3) is 0 Å². The van der Waals surface area contributed by atoms with Crippen LogP contribution in [-0.2, 0) is 5.41 Å². The first kappa shape index (κ1) is 37.4. The Kier molecular flexibility index (Phi) is 8.29. The molecule has 1 aliphatic carbocycles. The third-order valence-corrected chi connectivity index (χ3v) is 14.2. The van der Waals surface area contributed by atoms with Crippen LogP contribution < -0.4 is 4.90 Å². The lowest BCUT2D eigenvalue weighted by atomic mass is 9.82. The Morgan fingerprint density at radius 3 is 1.43 bits per heavy atom. The van der Waals surface area contributed by atoms with Crippen LogP contribution >= 0.6 is 0 Å². The monoisotopic (exact) mass is 828 g/mol. The number of hydrogen-bond acceptors (Lipinski definition) is 1. The molecule has 1 aromatic heterocycles. The van der Waals surface area contributed by atoms with Crippen molar-refractivity contribution in [1.82, 2.24) is 4.57 Å². The molecule has 2 nitrogen and oxygen atoms in total. The van der Waals surface area contributed by atoms with Gasteiger partial charge in [0, 0.05) is 44.3 Å². The number of hydrogen-bond donors (Lipinski definition) is 0. The van der Waals surface area contributed by atoms with Gasteiger partial charge in [-0.15, -0.1) is 0 Å². The highest BCUT2D eigenvalue weighted by Crippen LogP contribution is 2.52. The number of fused-ring (bicyclic) bond motifs is 13. The predicted octanol–water partition coefficient (Wildman–Crippen LogP) is 17.4. The van der Waals surface area contributed by atoms with Crippen molar-refractivity contribution in [2.45, 2.75) is 19.3 Å². The van der Waals surface area contributed by atoms with Crippen LogP contribution in [0.1, 0.15) is 25.0 Å². The molecule has 0 saturated heterocycles. The van der Waals surface area contributed by atoms with Crippen molar-refractivity contribution in [1.29, 1.82) is 0 Å². The molecule has 0 bridgehead atoms. The molecule has 65 heavy (non-hydrogen) atoms. The molecule has 0 amide bonds. The Morgan fingerprint density at radius 1 is 0.323 bits per heavy atom. The van der Waals surface area contributed by atoms with Crippen LogP contribution in [0.3, 0.4) is 0 Å². The Labute approximate surface area is 378 Å². The first-order chi connectivity index (χ1) is 32.0. The molecule has 11 aromatic carbocycles. The van der Waals surface area contributed by atoms with Gasteiger partial charge in [0.15, 0.2) is 0 Å². The van der Waals surface area contributed by atoms with Gasteiger partial charge in [0.2, 0.25) is 0 Å². The highest BCUT2D eigenvalue weighted by molar-refractivity contribution is 6.35. The molecule has 13 rings (SSSR count). The van der Waals surface area contributed by atoms with Gasteiger partial charge in [0.05, 0.1) is 11.0 Å². The maximum absolute atomic E-state index is 2.51. The molecule has 0 spiro atoms. The highest BCUT2D eigenvalue weighted by atomic mass is 15.1. The van der Waals surface area contributed by atoms with E-state index in [0.29, 0.717) is 0 Å². The number of para-hydroxylation sites is 1.